The molecule has 1 aliphatic carbocycles. The molecule has 0 amide bonds. The Morgan fingerprint density at radius 2 is 2.25 bits per heavy atom. The summed E-state index contributed by atoms with van der Waals surface area (Å²) in [6, 6.07) is 0. The molecule has 1 aliphatic heterocycles. The third-order valence-corrected chi connectivity index (χ3v) is 3.69. The van der Waals surface area contributed by atoms with Crippen LogP contribution in [0.3, 0.4) is 0 Å². The zero-order chi connectivity index (χ0) is 11.8. The Morgan fingerprint density at radius 1 is 1.50 bits per heavy atom. The van der Waals surface area contributed by atoms with E-state index in [0.29, 0.717) is 12.3 Å². The molecule has 2 fully saturated rings. The molecule has 4 heteroatoms. The fraction of sp³-hybridized carbons (Fsp3) is 0.917. The maximum absolute atomic E-state index is 10.8. The first-order valence-electron chi connectivity index (χ1n) is 6.02. The van der Waals surface area contributed by atoms with E-state index in [1.54, 1.807) is 0 Å². The molecule has 0 aromatic rings. The van der Waals surface area contributed by atoms with Gasteiger partial charge in [-0.3, -0.25) is 4.79 Å². The highest BCUT2D eigenvalue weighted by molar-refractivity contribution is 5.68. The molecule has 1 spiro atoms. The molecule has 0 aromatic heterocycles. The second-order valence-electron chi connectivity index (χ2n) is 5.75. The standard InChI is InChI=1S/C12H20O4/c1-9-4-3-5-12(6-9)8-11(2,15-16-12)7-10(13)14/h9H,3-8H2,1-2H3,(H,13,14). The maximum atomic E-state index is 10.8. The van der Waals surface area contributed by atoms with Gasteiger partial charge in [0.25, 0.3) is 0 Å². The second kappa shape index (κ2) is 4.00. The van der Waals surface area contributed by atoms with Crippen molar-refractivity contribution in [2.45, 2.75) is 63.6 Å². The van der Waals surface area contributed by atoms with Crippen LogP contribution in [0.2, 0.25) is 0 Å². The maximum Gasteiger partial charge on any atom is 0.306 e. The van der Waals surface area contributed by atoms with E-state index in [2.05, 4.69) is 6.92 Å². The number of hydrogen-bond donors (Lipinski definition) is 1. The minimum Gasteiger partial charge on any atom is -0.481 e. The number of hydrogen-bond acceptors (Lipinski definition) is 3. The third-order valence-electron chi connectivity index (χ3n) is 3.69. The van der Waals surface area contributed by atoms with Gasteiger partial charge < -0.3 is 5.11 Å². The molecule has 0 bridgehead atoms. The molecule has 2 rings (SSSR count). The SMILES string of the molecule is CC1CCCC2(C1)CC(C)(CC(=O)O)OO2. The molecular formula is C12H20O4. The van der Waals surface area contributed by atoms with Gasteiger partial charge >= 0.3 is 5.97 Å². The number of carboxylic acids is 1. The molecule has 0 radical (unpaired) electrons. The van der Waals surface area contributed by atoms with Crippen molar-refractivity contribution in [3.05, 3.63) is 0 Å². The summed E-state index contributed by atoms with van der Waals surface area (Å²) in [6.45, 7) is 4.05. The molecule has 3 atom stereocenters. The molecule has 1 N–H and O–H groups in total. The lowest BCUT2D eigenvalue weighted by Crippen LogP contribution is -2.36. The van der Waals surface area contributed by atoms with Gasteiger partial charge in [-0.1, -0.05) is 19.8 Å². The predicted molar refractivity (Wildman–Crippen MR) is 57.8 cm³/mol. The first kappa shape index (κ1) is 11.9. The lowest BCUT2D eigenvalue weighted by Gasteiger charge is -2.34. The number of carboxylic acid groups (broad SMARTS) is 1. The zero-order valence-electron chi connectivity index (χ0n) is 9.99. The molecule has 1 saturated heterocycles. The van der Waals surface area contributed by atoms with Gasteiger partial charge in [0.05, 0.1) is 6.42 Å². The summed E-state index contributed by atoms with van der Waals surface area (Å²) < 4.78 is 0. The molecular weight excluding hydrogens is 208 g/mol. The molecule has 4 nitrogen and oxygen atoms in total. The van der Waals surface area contributed by atoms with Crippen LogP contribution in [0.25, 0.3) is 0 Å². The van der Waals surface area contributed by atoms with Crippen LogP contribution in [-0.4, -0.2) is 22.3 Å². The van der Waals surface area contributed by atoms with Crippen LogP contribution in [0.1, 0.15) is 52.4 Å². The summed E-state index contributed by atoms with van der Waals surface area (Å²) in [5, 5.41) is 8.84. The molecule has 1 heterocycles. The Balaban J connectivity index is 2.03. The van der Waals surface area contributed by atoms with Crippen LogP contribution < -0.4 is 0 Å². The summed E-state index contributed by atoms with van der Waals surface area (Å²) in [6.07, 6.45) is 5.09. The molecule has 3 unspecified atom stereocenters. The van der Waals surface area contributed by atoms with Crippen molar-refractivity contribution in [1.29, 1.82) is 0 Å². The monoisotopic (exact) mass is 228 g/mol. The van der Waals surface area contributed by atoms with E-state index in [1.807, 2.05) is 6.92 Å². The van der Waals surface area contributed by atoms with Gasteiger partial charge in [-0.2, -0.15) is 0 Å². The predicted octanol–water partition coefficient (Wildman–Crippen LogP) is 2.52. The van der Waals surface area contributed by atoms with Gasteiger partial charge in [0.2, 0.25) is 0 Å². The average Bonchev–Trinajstić information content (AvgIpc) is 2.41. The highest BCUT2D eigenvalue weighted by atomic mass is 17.2. The van der Waals surface area contributed by atoms with Crippen LogP contribution in [0.5, 0.6) is 0 Å². The molecule has 16 heavy (non-hydrogen) atoms. The summed E-state index contributed by atoms with van der Waals surface area (Å²) in [5.41, 5.74) is -0.870. The van der Waals surface area contributed by atoms with Crippen LogP contribution in [0, 0.1) is 5.92 Å². The summed E-state index contributed by atoms with van der Waals surface area (Å²) in [5.74, 6) is -0.184. The topological polar surface area (TPSA) is 55.8 Å². The van der Waals surface area contributed by atoms with Crippen molar-refractivity contribution in [1.82, 2.24) is 0 Å². The summed E-state index contributed by atoms with van der Waals surface area (Å²) in [7, 11) is 0. The van der Waals surface area contributed by atoms with Gasteiger partial charge in [0, 0.05) is 6.42 Å². The Kier molecular flexibility index (Phi) is 2.97. The van der Waals surface area contributed by atoms with Gasteiger partial charge in [-0.15, -0.1) is 0 Å². The smallest absolute Gasteiger partial charge is 0.306 e. The number of carbonyl (C=O) groups is 1. The average molecular weight is 228 g/mol. The van der Waals surface area contributed by atoms with Crippen molar-refractivity contribution < 1.29 is 19.7 Å². The number of aliphatic carboxylic acids is 1. The van der Waals surface area contributed by atoms with Crippen molar-refractivity contribution in [2.24, 2.45) is 5.92 Å². The van der Waals surface area contributed by atoms with Crippen molar-refractivity contribution in [3.63, 3.8) is 0 Å². The van der Waals surface area contributed by atoms with Crippen molar-refractivity contribution in [3.8, 4) is 0 Å². The second-order valence-corrected chi connectivity index (χ2v) is 5.75. The van der Waals surface area contributed by atoms with Crippen molar-refractivity contribution in [2.75, 3.05) is 0 Å². The summed E-state index contributed by atoms with van der Waals surface area (Å²) in [4.78, 5) is 21.6. The van der Waals surface area contributed by atoms with E-state index < -0.39 is 11.6 Å². The molecule has 1 saturated carbocycles. The van der Waals surface area contributed by atoms with Gasteiger partial charge in [0.1, 0.15) is 11.2 Å². The lowest BCUT2D eigenvalue weighted by atomic mass is 9.74. The van der Waals surface area contributed by atoms with Crippen LogP contribution in [0.4, 0.5) is 0 Å². The van der Waals surface area contributed by atoms with Gasteiger partial charge in [-0.05, 0) is 25.7 Å². The largest absolute Gasteiger partial charge is 0.481 e. The Hall–Kier alpha value is -0.610. The summed E-state index contributed by atoms with van der Waals surface area (Å²) >= 11 is 0. The van der Waals surface area contributed by atoms with Crippen LogP contribution in [0.15, 0.2) is 0 Å². The third kappa shape index (κ3) is 2.38. The van der Waals surface area contributed by atoms with E-state index >= 15 is 0 Å². The Morgan fingerprint density at radius 3 is 2.88 bits per heavy atom. The Labute approximate surface area is 95.9 Å². The Bertz CT molecular complexity index is 291. The van der Waals surface area contributed by atoms with Gasteiger partial charge in [-0.25, -0.2) is 9.78 Å². The van der Waals surface area contributed by atoms with E-state index in [-0.39, 0.29) is 12.0 Å². The molecule has 92 valence electrons. The quantitative estimate of drug-likeness (QED) is 0.738. The van der Waals surface area contributed by atoms with Crippen LogP contribution in [-0.2, 0) is 14.6 Å². The minimum absolute atomic E-state index is 0.0170. The normalized spacial score (nSPS) is 43.8. The fourth-order valence-electron chi connectivity index (χ4n) is 3.19. The highest BCUT2D eigenvalue weighted by Gasteiger charge is 2.51. The zero-order valence-corrected chi connectivity index (χ0v) is 9.99. The van der Waals surface area contributed by atoms with E-state index in [1.165, 1.54) is 6.42 Å². The van der Waals surface area contributed by atoms with Crippen LogP contribution >= 0.6 is 0 Å². The van der Waals surface area contributed by atoms with Crippen molar-refractivity contribution >= 4 is 5.97 Å². The first-order valence-corrected chi connectivity index (χ1v) is 6.02. The lowest BCUT2D eigenvalue weighted by molar-refractivity contribution is -0.353. The fourth-order valence-corrected chi connectivity index (χ4v) is 3.19. The van der Waals surface area contributed by atoms with E-state index in [9.17, 15) is 4.79 Å². The highest BCUT2D eigenvalue weighted by Crippen LogP contribution is 2.47. The van der Waals surface area contributed by atoms with E-state index in [4.69, 9.17) is 14.9 Å². The first-order chi connectivity index (χ1) is 7.43. The van der Waals surface area contributed by atoms with E-state index in [0.717, 1.165) is 19.3 Å². The minimum atomic E-state index is -0.827. The molecule has 0 aromatic carbocycles. The number of rotatable bonds is 2. The van der Waals surface area contributed by atoms with Gasteiger partial charge in [0.15, 0.2) is 0 Å². The molecule has 2 aliphatic rings.